The van der Waals surface area contributed by atoms with Crippen molar-refractivity contribution in [3.05, 3.63) is 33.7 Å². The number of carbonyl (C=O) groups is 1. The zero-order valence-electron chi connectivity index (χ0n) is 10.5. The van der Waals surface area contributed by atoms with Crippen LogP contribution in [0.15, 0.2) is 33.9 Å². The van der Waals surface area contributed by atoms with Crippen LogP contribution in [0.2, 0.25) is 0 Å². The van der Waals surface area contributed by atoms with Crippen LogP contribution in [0, 0.1) is 3.57 Å². The van der Waals surface area contributed by atoms with E-state index in [1.807, 2.05) is 24.3 Å². The van der Waals surface area contributed by atoms with Crippen LogP contribution in [-0.4, -0.2) is 21.9 Å². The van der Waals surface area contributed by atoms with Gasteiger partial charge in [0.1, 0.15) is 0 Å². The molecule has 1 aromatic carbocycles. The summed E-state index contributed by atoms with van der Waals surface area (Å²) in [5.41, 5.74) is 0.798. The van der Waals surface area contributed by atoms with Crippen molar-refractivity contribution in [3.63, 3.8) is 0 Å². The molecule has 2 aromatic rings. The van der Waals surface area contributed by atoms with Crippen LogP contribution in [0.5, 0.6) is 0 Å². The predicted octanol–water partition coefficient (Wildman–Crippen LogP) is 3.28. The fourth-order valence-corrected chi connectivity index (χ4v) is 2.78. The number of carbonyl (C=O) groups excluding carboxylic acids is 1. The van der Waals surface area contributed by atoms with E-state index in [0.29, 0.717) is 17.0 Å². The summed E-state index contributed by atoms with van der Waals surface area (Å²) in [6.45, 7) is 0. The van der Waals surface area contributed by atoms with Crippen LogP contribution < -0.4 is 5.32 Å². The zero-order valence-corrected chi connectivity index (χ0v) is 13.5. The lowest BCUT2D eigenvalue weighted by molar-refractivity contribution is -0.113. The minimum absolute atomic E-state index is 0.0804. The summed E-state index contributed by atoms with van der Waals surface area (Å²) in [5, 5.41) is 11.2. The molecule has 0 bridgehead atoms. The number of nitrogens with one attached hydrogen (secondary N) is 1. The van der Waals surface area contributed by atoms with Gasteiger partial charge in [0, 0.05) is 15.2 Å². The molecule has 7 heteroatoms. The minimum atomic E-state index is -0.0804. The van der Waals surface area contributed by atoms with Gasteiger partial charge in [-0.15, -0.1) is 10.2 Å². The average Bonchev–Trinajstić information content (AvgIpc) is 3.16. The summed E-state index contributed by atoms with van der Waals surface area (Å²) in [6.07, 6.45) is 2.25. The van der Waals surface area contributed by atoms with Crippen molar-refractivity contribution in [3.8, 4) is 0 Å². The highest BCUT2D eigenvalue weighted by Crippen LogP contribution is 2.39. The maximum Gasteiger partial charge on any atom is 0.277 e. The first-order chi connectivity index (χ1) is 9.70. The van der Waals surface area contributed by atoms with Crippen molar-refractivity contribution in [1.82, 2.24) is 10.2 Å². The fraction of sp³-hybridized carbons (Fsp3) is 0.308. The number of aromatic nitrogens is 2. The van der Waals surface area contributed by atoms with Gasteiger partial charge in [-0.05, 0) is 53.6 Å². The van der Waals surface area contributed by atoms with Gasteiger partial charge < -0.3 is 9.73 Å². The smallest absolute Gasteiger partial charge is 0.277 e. The van der Waals surface area contributed by atoms with Gasteiger partial charge in [0.25, 0.3) is 5.22 Å². The summed E-state index contributed by atoms with van der Waals surface area (Å²) in [7, 11) is 0. The molecule has 1 aromatic heterocycles. The van der Waals surface area contributed by atoms with Crippen molar-refractivity contribution in [2.45, 2.75) is 24.0 Å². The Balaban J connectivity index is 1.51. The molecule has 3 rings (SSSR count). The summed E-state index contributed by atoms with van der Waals surface area (Å²) in [5.74, 6) is 1.32. The summed E-state index contributed by atoms with van der Waals surface area (Å²) in [4.78, 5) is 11.8. The summed E-state index contributed by atoms with van der Waals surface area (Å²) in [6, 6.07) is 7.66. The van der Waals surface area contributed by atoms with Crippen molar-refractivity contribution in [2.75, 3.05) is 11.1 Å². The molecule has 1 saturated carbocycles. The zero-order chi connectivity index (χ0) is 13.9. The van der Waals surface area contributed by atoms with Gasteiger partial charge in [0.2, 0.25) is 11.8 Å². The molecule has 0 saturated heterocycles. The standard InChI is InChI=1S/C13H12IN3O2S/c14-9-2-1-3-10(6-9)15-11(18)7-20-13-17-16-12(19-13)8-4-5-8/h1-3,6,8H,4-5,7H2,(H,15,18). The molecule has 0 radical (unpaired) electrons. The molecule has 1 aliphatic rings. The van der Waals surface area contributed by atoms with Crippen molar-refractivity contribution in [2.24, 2.45) is 0 Å². The molecular weight excluding hydrogens is 389 g/mol. The maximum atomic E-state index is 11.8. The molecule has 104 valence electrons. The Kier molecular flexibility index (Phi) is 4.25. The Hall–Kier alpha value is -1.09. The largest absolute Gasteiger partial charge is 0.416 e. The first-order valence-electron chi connectivity index (χ1n) is 6.22. The number of benzene rings is 1. The maximum absolute atomic E-state index is 11.8. The van der Waals surface area contributed by atoms with Crippen molar-refractivity contribution in [1.29, 1.82) is 0 Å². The third-order valence-corrected chi connectivity index (χ3v) is 4.27. The van der Waals surface area contributed by atoms with Gasteiger partial charge in [-0.2, -0.15) is 0 Å². The topological polar surface area (TPSA) is 68.0 Å². The van der Waals surface area contributed by atoms with Crippen molar-refractivity contribution < 1.29 is 9.21 Å². The lowest BCUT2D eigenvalue weighted by Crippen LogP contribution is -2.14. The van der Waals surface area contributed by atoms with E-state index in [-0.39, 0.29) is 11.7 Å². The predicted molar refractivity (Wildman–Crippen MR) is 84.8 cm³/mol. The average molecular weight is 401 g/mol. The van der Waals surface area contributed by atoms with Crippen molar-refractivity contribution >= 4 is 45.9 Å². The van der Waals surface area contributed by atoms with E-state index in [9.17, 15) is 4.79 Å². The van der Waals surface area contributed by atoms with Crippen LogP contribution in [-0.2, 0) is 4.79 Å². The highest BCUT2D eigenvalue weighted by molar-refractivity contribution is 14.1. The summed E-state index contributed by atoms with van der Waals surface area (Å²) < 4.78 is 6.57. The number of thioether (sulfide) groups is 1. The van der Waals surface area contributed by atoms with E-state index >= 15 is 0 Å². The second-order valence-corrected chi connectivity index (χ2v) is 6.70. The number of halogens is 1. The molecule has 0 spiro atoms. The highest BCUT2D eigenvalue weighted by Gasteiger charge is 2.29. The number of anilines is 1. The number of amides is 1. The van der Waals surface area contributed by atoms with Crippen LogP contribution in [0.4, 0.5) is 5.69 Å². The molecule has 0 atom stereocenters. The minimum Gasteiger partial charge on any atom is -0.416 e. The van der Waals surface area contributed by atoms with E-state index in [0.717, 1.165) is 22.1 Å². The number of rotatable bonds is 5. The Morgan fingerprint density at radius 2 is 2.30 bits per heavy atom. The van der Waals surface area contributed by atoms with Gasteiger partial charge in [0.05, 0.1) is 5.75 Å². The molecule has 20 heavy (non-hydrogen) atoms. The molecule has 5 nitrogen and oxygen atoms in total. The lowest BCUT2D eigenvalue weighted by atomic mass is 10.3. The SMILES string of the molecule is O=C(CSc1nnc(C2CC2)o1)Nc1cccc(I)c1. The Morgan fingerprint density at radius 1 is 1.45 bits per heavy atom. The first-order valence-corrected chi connectivity index (χ1v) is 8.29. The number of nitrogens with zero attached hydrogens (tertiary/aromatic N) is 2. The van der Waals surface area contributed by atoms with E-state index in [1.165, 1.54) is 11.8 Å². The quantitative estimate of drug-likeness (QED) is 0.615. The van der Waals surface area contributed by atoms with Crippen LogP contribution in [0.3, 0.4) is 0 Å². The monoisotopic (exact) mass is 401 g/mol. The fourth-order valence-electron chi connectivity index (χ4n) is 1.66. The lowest BCUT2D eigenvalue weighted by Gasteiger charge is -2.03. The van der Waals surface area contributed by atoms with Crippen LogP contribution in [0.1, 0.15) is 24.7 Å². The first kappa shape index (κ1) is 13.9. The van der Waals surface area contributed by atoms with Gasteiger partial charge in [-0.1, -0.05) is 17.8 Å². The Labute approximate surface area is 134 Å². The number of hydrogen-bond donors (Lipinski definition) is 1. The molecular formula is C13H12IN3O2S. The van der Waals surface area contributed by atoms with E-state index < -0.39 is 0 Å². The van der Waals surface area contributed by atoms with E-state index in [4.69, 9.17) is 4.42 Å². The summed E-state index contributed by atoms with van der Waals surface area (Å²) >= 11 is 3.47. The molecule has 1 aliphatic carbocycles. The Bertz CT molecular complexity index is 628. The second kappa shape index (κ2) is 6.13. The molecule has 0 unspecified atom stereocenters. The van der Waals surface area contributed by atoms with Crippen LogP contribution >= 0.6 is 34.4 Å². The molecule has 1 fully saturated rings. The van der Waals surface area contributed by atoms with Gasteiger partial charge in [0.15, 0.2) is 0 Å². The normalized spacial score (nSPS) is 14.2. The third-order valence-electron chi connectivity index (χ3n) is 2.78. The van der Waals surface area contributed by atoms with E-state index in [2.05, 4.69) is 38.1 Å². The molecule has 1 N–H and O–H groups in total. The molecule has 0 aliphatic heterocycles. The van der Waals surface area contributed by atoms with Gasteiger partial charge >= 0.3 is 0 Å². The second-order valence-electron chi connectivity index (χ2n) is 4.53. The Morgan fingerprint density at radius 3 is 3.05 bits per heavy atom. The van der Waals surface area contributed by atoms with Gasteiger partial charge in [-0.25, -0.2) is 0 Å². The van der Waals surface area contributed by atoms with E-state index in [1.54, 1.807) is 0 Å². The molecule has 1 amide bonds. The highest BCUT2D eigenvalue weighted by atomic mass is 127. The third kappa shape index (κ3) is 3.72. The number of hydrogen-bond acceptors (Lipinski definition) is 5. The van der Waals surface area contributed by atoms with Gasteiger partial charge in [-0.3, -0.25) is 4.79 Å². The van der Waals surface area contributed by atoms with Crippen LogP contribution in [0.25, 0.3) is 0 Å². The molecule has 1 heterocycles.